The van der Waals surface area contributed by atoms with Crippen molar-refractivity contribution in [2.24, 2.45) is 0 Å². The first-order chi connectivity index (χ1) is 24.8. The van der Waals surface area contributed by atoms with Gasteiger partial charge in [-0.2, -0.15) is 0 Å². The van der Waals surface area contributed by atoms with Gasteiger partial charge in [-0.25, -0.2) is 0 Å². The molecule has 0 unspecified atom stereocenters. The SMILES string of the molecule is c1ccc2c(c1)ccc1c3cccc(N(c4ccc(-c5ccc6oc7ccccc7c6c5)cc4)c4cccc5sc6ccccc6c45)c3oc21. The fraction of sp³-hybridized carbons (Fsp3) is 0. The van der Waals surface area contributed by atoms with Crippen LogP contribution < -0.4 is 4.90 Å². The Kier molecular flexibility index (Phi) is 5.83. The van der Waals surface area contributed by atoms with Crippen LogP contribution >= 0.6 is 11.3 Å². The Balaban J connectivity index is 1.14. The quantitative estimate of drug-likeness (QED) is 0.189. The van der Waals surface area contributed by atoms with E-state index in [1.165, 1.54) is 25.6 Å². The molecule has 3 aromatic heterocycles. The summed E-state index contributed by atoms with van der Waals surface area (Å²) in [6.45, 7) is 0. The summed E-state index contributed by atoms with van der Waals surface area (Å²) in [6.07, 6.45) is 0. The predicted octanol–water partition coefficient (Wildman–Crippen LogP) is 14.1. The van der Waals surface area contributed by atoms with Crippen molar-refractivity contribution in [3.8, 4) is 11.1 Å². The molecule has 11 rings (SSSR count). The summed E-state index contributed by atoms with van der Waals surface area (Å²) >= 11 is 1.84. The van der Waals surface area contributed by atoms with E-state index in [1.807, 2.05) is 23.5 Å². The molecular weight excluding hydrogens is 631 g/mol. The van der Waals surface area contributed by atoms with Gasteiger partial charge in [-0.3, -0.25) is 0 Å². The molecule has 0 bridgehead atoms. The van der Waals surface area contributed by atoms with Crippen molar-refractivity contribution in [1.82, 2.24) is 0 Å². The van der Waals surface area contributed by atoms with E-state index in [-0.39, 0.29) is 0 Å². The number of thiophene rings is 1. The molecule has 0 N–H and O–H groups in total. The highest BCUT2D eigenvalue weighted by Gasteiger charge is 2.23. The number of nitrogens with zero attached hydrogens (tertiary/aromatic N) is 1. The first-order valence-corrected chi connectivity index (χ1v) is 17.7. The van der Waals surface area contributed by atoms with E-state index in [4.69, 9.17) is 8.83 Å². The van der Waals surface area contributed by atoms with Gasteiger partial charge in [0.15, 0.2) is 5.58 Å². The largest absolute Gasteiger partial charge is 0.456 e. The Morgan fingerprint density at radius 3 is 2.00 bits per heavy atom. The lowest BCUT2D eigenvalue weighted by atomic mass is 10.0. The molecule has 8 aromatic carbocycles. The van der Waals surface area contributed by atoms with E-state index in [0.717, 1.165) is 77.5 Å². The molecule has 3 nitrogen and oxygen atoms in total. The maximum Gasteiger partial charge on any atom is 0.159 e. The fourth-order valence-electron chi connectivity index (χ4n) is 7.75. The van der Waals surface area contributed by atoms with Crippen molar-refractivity contribution in [3.63, 3.8) is 0 Å². The second-order valence-electron chi connectivity index (χ2n) is 12.9. The Bertz CT molecular complexity index is 3110. The van der Waals surface area contributed by atoms with E-state index in [1.54, 1.807) is 0 Å². The first kappa shape index (κ1) is 27.6. The minimum absolute atomic E-state index is 0.872. The van der Waals surface area contributed by atoms with Gasteiger partial charge < -0.3 is 13.7 Å². The predicted molar refractivity (Wildman–Crippen MR) is 212 cm³/mol. The highest BCUT2D eigenvalue weighted by molar-refractivity contribution is 7.26. The Hall–Kier alpha value is -6.36. The minimum Gasteiger partial charge on any atom is -0.456 e. The normalized spacial score (nSPS) is 12.0. The van der Waals surface area contributed by atoms with E-state index in [0.29, 0.717) is 0 Å². The van der Waals surface area contributed by atoms with Crippen LogP contribution in [0.15, 0.2) is 173 Å². The summed E-state index contributed by atoms with van der Waals surface area (Å²) < 4.78 is 15.6. The van der Waals surface area contributed by atoms with Crippen LogP contribution in [-0.2, 0) is 0 Å². The van der Waals surface area contributed by atoms with Gasteiger partial charge in [-0.1, -0.05) is 103 Å². The van der Waals surface area contributed by atoms with Gasteiger partial charge in [0.05, 0.1) is 11.4 Å². The lowest BCUT2D eigenvalue weighted by Crippen LogP contribution is -2.10. The Morgan fingerprint density at radius 1 is 0.400 bits per heavy atom. The zero-order valence-electron chi connectivity index (χ0n) is 26.8. The third-order valence-electron chi connectivity index (χ3n) is 10.1. The number of para-hydroxylation sites is 2. The molecule has 4 heteroatoms. The van der Waals surface area contributed by atoms with Crippen molar-refractivity contribution < 1.29 is 8.83 Å². The van der Waals surface area contributed by atoms with Gasteiger partial charge in [0.1, 0.15) is 16.7 Å². The van der Waals surface area contributed by atoms with Crippen LogP contribution in [0.2, 0.25) is 0 Å². The average molecular weight is 658 g/mol. The summed E-state index contributed by atoms with van der Waals surface area (Å²) in [6, 6.07) is 58.3. The average Bonchev–Trinajstić information content (AvgIpc) is 3.87. The van der Waals surface area contributed by atoms with E-state index >= 15 is 0 Å². The molecule has 0 saturated carbocycles. The van der Waals surface area contributed by atoms with Gasteiger partial charge in [-0.05, 0) is 77.2 Å². The van der Waals surface area contributed by atoms with E-state index in [9.17, 15) is 0 Å². The Labute approximate surface area is 290 Å². The van der Waals surface area contributed by atoms with Gasteiger partial charge in [0, 0.05) is 52.8 Å². The Morgan fingerprint density at radius 2 is 1.08 bits per heavy atom. The monoisotopic (exact) mass is 657 g/mol. The third-order valence-corrected chi connectivity index (χ3v) is 11.2. The summed E-state index contributed by atoms with van der Waals surface area (Å²) in [4.78, 5) is 2.38. The highest BCUT2D eigenvalue weighted by atomic mass is 32.1. The summed E-state index contributed by atoms with van der Waals surface area (Å²) in [5, 5.41) is 9.28. The maximum absolute atomic E-state index is 6.92. The van der Waals surface area contributed by atoms with Crippen molar-refractivity contribution in [2.75, 3.05) is 4.90 Å². The molecule has 0 fully saturated rings. The van der Waals surface area contributed by atoms with Crippen molar-refractivity contribution >= 4 is 103 Å². The van der Waals surface area contributed by atoms with Gasteiger partial charge in [0.2, 0.25) is 0 Å². The lowest BCUT2D eigenvalue weighted by Gasteiger charge is -2.26. The zero-order valence-corrected chi connectivity index (χ0v) is 27.6. The number of rotatable bonds is 4. The molecule has 50 heavy (non-hydrogen) atoms. The van der Waals surface area contributed by atoms with E-state index in [2.05, 4.69) is 157 Å². The fourth-order valence-corrected chi connectivity index (χ4v) is 8.87. The number of furan rings is 2. The van der Waals surface area contributed by atoms with Crippen LogP contribution in [0.1, 0.15) is 0 Å². The number of fused-ring (bicyclic) bond motifs is 11. The van der Waals surface area contributed by atoms with Crippen LogP contribution in [0, 0.1) is 0 Å². The summed E-state index contributed by atoms with van der Waals surface area (Å²) in [5.74, 6) is 0. The molecule has 0 radical (unpaired) electrons. The third kappa shape index (κ3) is 4.03. The van der Waals surface area contributed by atoms with Crippen LogP contribution in [0.3, 0.4) is 0 Å². The molecule has 3 heterocycles. The molecule has 0 saturated heterocycles. The molecule has 234 valence electrons. The first-order valence-electron chi connectivity index (χ1n) is 16.8. The van der Waals surface area contributed by atoms with Gasteiger partial charge in [0.25, 0.3) is 0 Å². The second kappa shape index (κ2) is 10.6. The van der Waals surface area contributed by atoms with E-state index < -0.39 is 0 Å². The molecule has 0 aliphatic carbocycles. The number of benzene rings is 8. The van der Waals surface area contributed by atoms with Crippen LogP contribution in [0.25, 0.3) is 85.9 Å². The molecule has 11 aromatic rings. The van der Waals surface area contributed by atoms with Crippen molar-refractivity contribution in [2.45, 2.75) is 0 Å². The van der Waals surface area contributed by atoms with Gasteiger partial charge in [-0.15, -0.1) is 11.3 Å². The molecule has 0 atom stereocenters. The van der Waals surface area contributed by atoms with Crippen LogP contribution in [0.5, 0.6) is 0 Å². The van der Waals surface area contributed by atoms with Crippen molar-refractivity contribution in [1.29, 1.82) is 0 Å². The number of hydrogen-bond acceptors (Lipinski definition) is 4. The molecule has 0 aliphatic rings. The lowest BCUT2D eigenvalue weighted by molar-refractivity contribution is 0.669. The van der Waals surface area contributed by atoms with Crippen LogP contribution in [-0.4, -0.2) is 0 Å². The standard InChI is InChI=1S/C46H27NO2S/c1-2-10-32-29(9-1)21-25-35-34-13-7-15-39(46(34)49-45(32)35)47(38-14-8-18-43-44(38)36-12-4-6-17-42(36)50-43)31-23-19-28(20-24-31)30-22-26-41-37(27-30)33-11-3-5-16-40(33)48-41/h1-27H. The molecule has 0 spiro atoms. The van der Waals surface area contributed by atoms with Gasteiger partial charge >= 0.3 is 0 Å². The number of hydrogen-bond donors (Lipinski definition) is 0. The zero-order chi connectivity index (χ0) is 32.8. The topological polar surface area (TPSA) is 29.5 Å². The molecule has 0 amide bonds. The summed E-state index contributed by atoms with van der Waals surface area (Å²) in [5.41, 5.74) is 9.09. The number of anilines is 3. The maximum atomic E-state index is 6.92. The molecule has 0 aliphatic heterocycles. The second-order valence-corrected chi connectivity index (χ2v) is 13.9. The van der Waals surface area contributed by atoms with Crippen LogP contribution in [0.4, 0.5) is 17.1 Å². The van der Waals surface area contributed by atoms with Crippen molar-refractivity contribution in [3.05, 3.63) is 164 Å². The smallest absolute Gasteiger partial charge is 0.159 e. The minimum atomic E-state index is 0.872. The molecular formula is C46H27NO2S. The highest BCUT2D eigenvalue weighted by Crippen LogP contribution is 2.48. The summed E-state index contributed by atoms with van der Waals surface area (Å²) in [7, 11) is 0.